The average molecular weight is 247 g/mol. The molecule has 0 saturated heterocycles. The van der Waals surface area contributed by atoms with E-state index in [1.807, 2.05) is 6.07 Å². The first-order chi connectivity index (χ1) is 8.66. The molecule has 0 heterocycles. The normalized spacial score (nSPS) is 24.3. The molecule has 0 aliphatic heterocycles. The molecule has 0 spiro atoms. The largest absolute Gasteiger partial charge is 0.481 e. The molecule has 3 unspecified atom stereocenters. The van der Waals surface area contributed by atoms with Crippen molar-refractivity contribution in [2.45, 2.75) is 44.7 Å². The van der Waals surface area contributed by atoms with Crippen molar-refractivity contribution >= 4 is 5.97 Å². The molecule has 1 aliphatic carbocycles. The van der Waals surface area contributed by atoms with Crippen LogP contribution in [0.4, 0.5) is 0 Å². The van der Waals surface area contributed by atoms with Crippen LogP contribution in [0.25, 0.3) is 0 Å². The number of nitrogens with one attached hydrogen (secondary N) is 1. The third-order valence-electron chi connectivity index (χ3n) is 3.80. The Morgan fingerprint density at radius 2 is 2.11 bits per heavy atom. The fraction of sp³-hybridized carbons (Fsp3) is 0.533. The Balaban J connectivity index is 1.72. The number of benzene rings is 1. The molecule has 0 bridgehead atoms. The van der Waals surface area contributed by atoms with Gasteiger partial charge in [-0.3, -0.25) is 4.79 Å². The highest BCUT2D eigenvalue weighted by atomic mass is 16.4. The van der Waals surface area contributed by atoms with Crippen molar-refractivity contribution in [1.29, 1.82) is 0 Å². The Bertz CT molecular complexity index is 391. The molecule has 18 heavy (non-hydrogen) atoms. The van der Waals surface area contributed by atoms with Crippen molar-refractivity contribution in [3.63, 3.8) is 0 Å². The molecular weight excluding hydrogens is 226 g/mol. The number of hydrogen-bond acceptors (Lipinski definition) is 2. The van der Waals surface area contributed by atoms with Gasteiger partial charge in [-0.2, -0.15) is 0 Å². The number of hydrogen-bond donors (Lipinski definition) is 2. The van der Waals surface area contributed by atoms with Crippen LogP contribution in [0.5, 0.6) is 0 Å². The lowest BCUT2D eigenvalue weighted by Crippen LogP contribution is -2.50. The summed E-state index contributed by atoms with van der Waals surface area (Å²) in [6.45, 7) is 2.14. The Kier molecular flexibility index (Phi) is 4.37. The number of aliphatic carboxylic acids is 1. The molecule has 0 radical (unpaired) electrons. The van der Waals surface area contributed by atoms with Crippen LogP contribution >= 0.6 is 0 Å². The summed E-state index contributed by atoms with van der Waals surface area (Å²) >= 11 is 0. The highest BCUT2D eigenvalue weighted by molar-refractivity contribution is 5.72. The Morgan fingerprint density at radius 1 is 1.39 bits per heavy atom. The van der Waals surface area contributed by atoms with E-state index in [1.165, 1.54) is 5.56 Å². The number of carbonyl (C=O) groups is 1. The zero-order chi connectivity index (χ0) is 13.0. The molecular formula is C15H21NO2. The first kappa shape index (κ1) is 13.1. The lowest BCUT2D eigenvalue weighted by Gasteiger charge is -2.36. The summed E-state index contributed by atoms with van der Waals surface area (Å²) in [4.78, 5) is 10.9. The molecule has 1 saturated carbocycles. The topological polar surface area (TPSA) is 49.3 Å². The summed E-state index contributed by atoms with van der Waals surface area (Å²) in [6, 6.07) is 11.0. The number of carboxylic acid groups (broad SMARTS) is 1. The smallest absolute Gasteiger partial charge is 0.308 e. The number of aryl methyl sites for hydroxylation is 1. The van der Waals surface area contributed by atoms with E-state index >= 15 is 0 Å². The zero-order valence-electron chi connectivity index (χ0n) is 10.8. The monoisotopic (exact) mass is 247 g/mol. The molecule has 3 heteroatoms. The van der Waals surface area contributed by atoms with Crippen LogP contribution in [0, 0.1) is 5.92 Å². The van der Waals surface area contributed by atoms with Crippen molar-refractivity contribution in [3.05, 3.63) is 35.9 Å². The summed E-state index contributed by atoms with van der Waals surface area (Å²) in [7, 11) is 0. The third kappa shape index (κ3) is 3.33. The second-order valence-electron chi connectivity index (χ2n) is 5.22. The summed E-state index contributed by atoms with van der Waals surface area (Å²) in [5.41, 5.74) is 1.34. The van der Waals surface area contributed by atoms with Crippen LogP contribution in [-0.4, -0.2) is 23.2 Å². The molecule has 2 rings (SSSR count). The molecule has 0 aromatic heterocycles. The molecule has 1 aromatic rings. The molecule has 3 nitrogen and oxygen atoms in total. The van der Waals surface area contributed by atoms with Crippen molar-refractivity contribution in [1.82, 2.24) is 5.32 Å². The maximum absolute atomic E-state index is 10.9. The molecule has 98 valence electrons. The predicted octanol–water partition coefficient (Wildman–Crippen LogP) is 2.46. The van der Waals surface area contributed by atoms with Crippen LogP contribution in [0.1, 0.15) is 31.7 Å². The van der Waals surface area contributed by atoms with Gasteiger partial charge in [-0.15, -0.1) is 0 Å². The van der Waals surface area contributed by atoms with Crippen molar-refractivity contribution in [2.24, 2.45) is 5.92 Å². The molecule has 3 atom stereocenters. The van der Waals surface area contributed by atoms with E-state index in [9.17, 15) is 4.79 Å². The van der Waals surface area contributed by atoms with Gasteiger partial charge in [0.05, 0.1) is 5.92 Å². The summed E-state index contributed by atoms with van der Waals surface area (Å²) in [6.07, 6.45) is 3.90. The van der Waals surface area contributed by atoms with Gasteiger partial charge in [-0.1, -0.05) is 30.3 Å². The molecule has 2 N–H and O–H groups in total. The first-order valence-electron chi connectivity index (χ1n) is 6.69. The fourth-order valence-electron chi connectivity index (χ4n) is 2.47. The fourth-order valence-corrected chi connectivity index (χ4v) is 2.47. The maximum Gasteiger partial charge on any atom is 0.308 e. The van der Waals surface area contributed by atoms with E-state index in [2.05, 4.69) is 36.5 Å². The van der Waals surface area contributed by atoms with E-state index in [0.29, 0.717) is 6.04 Å². The van der Waals surface area contributed by atoms with Gasteiger partial charge in [0, 0.05) is 12.1 Å². The van der Waals surface area contributed by atoms with Gasteiger partial charge < -0.3 is 10.4 Å². The maximum atomic E-state index is 10.9. The molecule has 0 amide bonds. The van der Waals surface area contributed by atoms with Gasteiger partial charge in [-0.05, 0) is 38.2 Å². The standard InChI is InChI=1S/C15H21NO2/c1-11(7-8-12-5-3-2-4-6-12)16-14-10-9-13(14)15(17)18/h2-6,11,13-14,16H,7-10H2,1H3,(H,17,18). The Hall–Kier alpha value is -1.35. The van der Waals surface area contributed by atoms with Crippen molar-refractivity contribution < 1.29 is 9.90 Å². The molecule has 1 aromatic carbocycles. The first-order valence-corrected chi connectivity index (χ1v) is 6.69. The predicted molar refractivity (Wildman–Crippen MR) is 71.5 cm³/mol. The summed E-state index contributed by atoms with van der Waals surface area (Å²) < 4.78 is 0. The highest BCUT2D eigenvalue weighted by Crippen LogP contribution is 2.28. The van der Waals surface area contributed by atoms with E-state index < -0.39 is 5.97 Å². The summed E-state index contributed by atoms with van der Waals surface area (Å²) in [5.74, 6) is -0.835. The number of rotatable bonds is 6. The van der Waals surface area contributed by atoms with Crippen LogP contribution < -0.4 is 5.32 Å². The van der Waals surface area contributed by atoms with Crippen LogP contribution in [0.3, 0.4) is 0 Å². The second-order valence-corrected chi connectivity index (χ2v) is 5.22. The van der Waals surface area contributed by atoms with Crippen LogP contribution in [0.15, 0.2) is 30.3 Å². The molecule has 1 aliphatic rings. The van der Waals surface area contributed by atoms with Crippen molar-refractivity contribution in [3.8, 4) is 0 Å². The Labute approximate surface area is 108 Å². The average Bonchev–Trinajstić information content (AvgIpc) is 2.32. The lowest BCUT2D eigenvalue weighted by atomic mass is 9.79. The van der Waals surface area contributed by atoms with Crippen LogP contribution in [-0.2, 0) is 11.2 Å². The van der Waals surface area contributed by atoms with Gasteiger partial charge in [-0.25, -0.2) is 0 Å². The quantitative estimate of drug-likeness (QED) is 0.812. The van der Waals surface area contributed by atoms with E-state index in [1.54, 1.807) is 0 Å². The minimum absolute atomic E-state index is 0.174. The molecule has 1 fully saturated rings. The third-order valence-corrected chi connectivity index (χ3v) is 3.80. The van der Waals surface area contributed by atoms with Crippen molar-refractivity contribution in [2.75, 3.05) is 0 Å². The SMILES string of the molecule is CC(CCc1ccccc1)NC1CCC1C(=O)O. The minimum Gasteiger partial charge on any atom is -0.481 e. The van der Waals surface area contributed by atoms with Gasteiger partial charge in [0.1, 0.15) is 0 Å². The zero-order valence-corrected chi connectivity index (χ0v) is 10.8. The Morgan fingerprint density at radius 3 is 2.67 bits per heavy atom. The van der Waals surface area contributed by atoms with Gasteiger partial charge >= 0.3 is 5.97 Å². The van der Waals surface area contributed by atoms with Gasteiger partial charge in [0.25, 0.3) is 0 Å². The second kappa shape index (κ2) is 6.01. The van der Waals surface area contributed by atoms with E-state index in [-0.39, 0.29) is 12.0 Å². The highest BCUT2D eigenvalue weighted by Gasteiger charge is 2.36. The van der Waals surface area contributed by atoms with Gasteiger partial charge in [0.15, 0.2) is 0 Å². The minimum atomic E-state index is -0.658. The summed E-state index contributed by atoms with van der Waals surface area (Å²) in [5, 5.41) is 12.4. The van der Waals surface area contributed by atoms with E-state index in [0.717, 1.165) is 25.7 Å². The van der Waals surface area contributed by atoms with E-state index in [4.69, 9.17) is 5.11 Å². The van der Waals surface area contributed by atoms with Crippen LogP contribution in [0.2, 0.25) is 0 Å². The van der Waals surface area contributed by atoms with Gasteiger partial charge in [0.2, 0.25) is 0 Å². The number of carboxylic acids is 1. The lowest BCUT2D eigenvalue weighted by molar-refractivity contribution is -0.146.